The normalized spacial score (nSPS) is 24.3. The Balaban J connectivity index is 1.35. The van der Waals surface area contributed by atoms with Crippen molar-refractivity contribution >= 4 is 11.9 Å². The Kier molecular flexibility index (Phi) is 6.67. The number of hydrogen-bond donors (Lipinski definition) is 0. The van der Waals surface area contributed by atoms with Gasteiger partial charge in [-0.15, -0.1) is 0 Å². The predicted octanol–water partition coefficient (Wildman–Crippen LogP) is 4.89. The molecule has 186 valence electrons. The van der Waals surface area contributed by atoms with Gasteiger partial charge in [0.05, 0.1) is 12.2 Å². The van der Waals surface area contributed by atoms with Crippen LogP contribution in [0.4, 0.5) is 4.79 Å². The van der Waals surface area contributed by atoms with E-state index in [1.54, 1.807) is 6.20 Å². The molecule has 6 heteroatoms. The smallest absolute Gasteiger partial charge is 0.309 e. The Morgan fingerprint density at radius 2 is 1.71 bits per heavy atom. The van der Waals surface area contributed by atoms with Gasteiger partial charge in [0.1, 0.15) is 5.54 Å². The minimum Gasteiger partial charge on any atom is -0.309 e. The zero-order valence-electron chi connectivity index (χ0n) is 21.2. The van der Waals surface area contributed by atoms with Gasteiger partial charge in [-0.3, -0.25) is 14.7 Å². The van der Waals surface area contributed by atoms with Gasteiger partial charge in [-0.25, -0.2) is 4.79 Å². The number of benzene rings is 1. The van der Waals surface area contributed by atoms with Crippen LogP contribution in [0.5, 0.6) is 0 Å². The van der Waals surface area contributed by atoms with E-state index in [4.69, 9.17) is 0 Å². The summed E-state index contributed by atoms with van der Waals surface area (Å²) in [6, 6.07) is 16.3. The summed E-state index contributed by atoms with van der Waals surface area (Å²) >= 11 is 0. The molecule has 3 amide bonds. The van der Waals surface area contributed by atoms with Gasteiger partial charge in [0.2, 0.25) is 0 Å². The third-order valence-corrected chi connectivity index (χ3v) is 8.46. The van der Waals surface area contributed by atoms with Gasteiger partial charge in [0, 0.05) is 31.9 Å². The molecular weight excluding hydrogens is 436 g/mol. The van der Waals surface area contributed by atoms with Gasteiger partial charge in [-0.1, -0.05) is 56.7 Å². The average molecular weight is 475 g/mol. The lowest BCUT2D eigenvalue weighted by atomic mass is 9.74. The minimum atomic E-state index is -0.735. The highest BCUT2D eigenvalue weighted by atomic mass is 16.2. The Bertz CT molecular complexity index is 1030. The van der Waals surface area contributed by atoms with Crippen molar-refractivity contribution < 1.29 is 9.59 Å². The highest BCUT2D eigenvalue weighted by Gasteiger charge is 2.58. The number of hydrogen-bond acceptors (Lipinski definition) is 4. The quantitative estimate of drug-likeness (QED) is 0.559. The molecule has 3 fully saturated rings. The number of carbonyl (C=O) groups is 2. The molecular formula is C29H38N4O2. The van der Waals surface area contributed by atoms with E-state index in [1.807, 2.05) is 41.3 Å². The van der Waals surface area contributed by atoms with Crippen molar-refractivity contribution in [2.24, 2.45) is 5.41 Å². The maximum atomic E-state index is 13.9. The Morgan fingerprint density at radius 3 is 2.40 bits per heavy atom. The molecule has 1 saturated carbocycles. The first-order valence-corrected chi connectivity index (χ1v) is 13.2. The van der Waals surface area contributed by atoms with E-state index in [1.165, 1.54) is 36.1 Å². The molecule has 6 nitrogen and oxygen atoms in total. The topological polar surface area (TPSA) is 56.8 Å². The SMILES string of the molecule is CC1(C)CCCC(N2CCC3(CC2)C(=O)N(Cc2ccccn2)C(=O)N3CCc2ccccc2)C1. The second-order valence-electron chi connectivity index (χ2n) is 11.4. The van der Waals surface area contributed by atoms with Crippen LogP contribution in [0.1, 0.15) is 63.6 Å². The lowest BCUT2D eigenvalue weighted by Crippen LogP contribution is -2.58. The highest BCUT2D eigenvalue weighted by molar-refractivity contribution is 6.07. The summed E-state index contributed by atoms with van der Waals surface area (Å²) in [5.41, 5.74) is 1.59. The lowest BCUT2D eigenvalue weighted by Gasteiger charge is -2.47. The molecule has 1 unspecified atom stereocenters. The summed E-state index contributed by atoms with van der Waals surface area (Å²) in [6.45, 7) is 7.31. The first-order chi connectivity index (χ1) is 16.9. The zero-order valence-corrected chi connectivity index (χ0v) is 21.2. The van der Waals surface area contributed by atoms with Gasteiger partial charge in [0.25, 0.3) is 5.91 Å². The fraction of sp³-hybridized carbons (Fsp3) is 0.552. The van der Waals surface area contributed by atoms with Crippen LogP contribution in [0.3, 0.4) is 0 Å². The highest BCUT2D eigenvalue weighted by Crippen LogP contribution is 2.42. The number of pyridine rings is 1. The molecule has 3 heterocycles. The molecule has 2 saturated heterocycles. The minimum absolute atomic E-state index is 0.0372. The van der Waals surface area contributed by atoms with Crippen LogP contribution in [0.15, 0.2) is 54.7 Å². The predicted molar refractivity (Wildman–Crippen MR) is 137 cm³/mol. The maximum absolute atomic E-state index is 13.9. The van der Waals surface area contributed by atoms with Gasteiger partial charge < -0.3 is 9.80 Å². The first kappa shape index (κ1) is 24.0. The van der Waals surface area contributed by atoms with Crippen LogP contribution in [0, 0.1) is 5.41 Å². The van der Waals surface area contributed by atoms with Crippen molar-refractivity contribution in [2.45, 2.75) is 76.9 Å². The van der Waals surface area contributed by atoms with E-state index in [-0.39, 0.29) is 18.5 Å². The van der Waals surface area contributed by atoms with Gasteiger partial charge >= 0.3 is 6.03 Å². The van der Waals surface area contributed by atoms with E-state index in [0.717, 1.165) is 25.2 Å². The van der Waals surface area contributed by atoms with Gasteiger partial charge in [0.15, 0.2) is 0 Å². The second-order valence-corrected chi connectivity index (χ2v) is 11.4. The van der Waals surface area contributed by atoms with Gasteiger partial charge in [-0.2, -0.15) is 0 Å². The Hall–Kier alpha value is -2.73. The van der Waals surface area contributed by atoms with Crippen LogP contribution in [-0.2, 0) is 17.8 Å². The van der Waals surface area contributed by atoms with Crippen LogP contribution >= 0.6 is 0 Å². The molecule has 35 heavy (non-hydrogen) atoms. The molecule has 0 N–H and O–H groups in total. The summed E-state index contributed by atoms with van der Waals surface area (Å²) in [5.74, 6) is -0.0372. The summed E-state index contributed by atoms with van der Waals surface area (Å²) in [7, 11) is 0. The van der Waals surface area contributed by atoms with Crippen molar-refractivity contribution in [1.82, 2.24) is 19.7 Å². The Labute approximate surface area is 209 Å². The van der Waals surface area contributed by atoms with E-state index in [0.29, 0.717) is 30.8 Å². The van der Waals surface area contributed by atoms with E-state index >= 15 is 0 Å². The average Bonchev–Trinajstić information content (AvgIpc) is 3.05. The molecule has 3 aliphatic rings. The molecule has 2 aromatic rings. The molecule has 2 aliphatic heterocycles. The number of urea groups is 1. The van der Waals surface area contributed by atoms with E-state index < -0.39 is 5.54 Å². The van der Waals surface area contributed by atoms with E-state index in [2.05, 4.69) is 35.9 Å². The van der Waals surface area contributed by atoms with E-state index in [9.17, 15) is 9.59 Å². The van der Waals surface area contributed by atoms with Gasteiger partial charge in [-0.05, 0) is 61.6 Å². The van der Waals surface area contributed by atoms with Crippen LogP contribution in [0.2, 0.25) is 0 Å². The largest absolute Gasteiger partial charge is 0.328 e. The summed E-state index contributed by atoms with van der Waals surface area (Å²) < 4.78 is 0. The first-order valence-electron chi connectivity index (χ1n) is 13.2. The van der Waals surface area contributed by atoms with Crippen molar-refractivity contribution in [3.8, 4) is 0 Å². The molecule has 1 aromatic heterocycles. The number of amides is 3. The van der Waals surface area contributed by atoms with Crippen LogP contribution < -0.4 is 0 Å². The lowest BCUT2D eigenvalue weighted by molar-refractivity contribution is -0.136. The standard InChI is InChI=1S/C29H38N4O2/c1-28(2)14-8-12-25(21-28)31-19-15-29(16-20-31)26(34)32(22-24-11-6-7-17-30-24)27(35)33(29)18-13-23-9-4-3-5-10-23/h3-7,9-11,17,25H,8,12-16,18-22H2,1-2H3. The summed E-state index contributed by atoms with van der Waals surface area (Å²) in [6.07, 6.45) is 8.92. The summed E-state index contributed by atoms with van der Waals surface area (Å²) in [4.78, 5) is 37.9. The third-order valence-electron chi connectivity index (χ3n) is 8.46. The maximum Gasteiger partial charge on any atom is 0.328 e. The molecule has 0 bridgehead atoms. The Morgan fingerprint density at radius 1 is 0.971 bits per heavy atom. The fourth-order valence-electron chi connectivity index (χ4n) is 6.48. The van der Waals surface area contributed by atoms with Crippen molar-refractivity contribution in [3.63, 3.8) is 0 Å². The monoisotopic (exact) mass is 474 g/mol. The number of aromatic nitrogens is 1. The molecule has 1 atom stereocenters. The number of nitrogens with zero attached hydrogens (tertiary/aromatic N) is 4. The molecule has 1 spiro atoms. The van der Waals surface area contributed by atoms with Crippen molar-refractivity contribution in [2.75, 3.05) is 19.6 Å². The fourth-order valence-corrected chi connectivity index (χ4v) is 6.48. The molecule has 1 aliphatic carbocycles. The van der Waals surface area contributed by atoms with Crippen molar-refractivity contribution in [3.05, 3.63) is 66.0 Å². The van der Waals surface area contributed by atoms with Crippen LogP contribution in [-0.4, -0.2) is 62.8 Å². The number of rotatable bonds is 6. The third kappa shape index (κ3) is 4.86. The molecule has 0 radical (unpaired) electrons. The van der Waals surface area contributed by atoms with Crippen LogP contribution in [0.25, 0.3) is 0 Å². The number of imide groups is 1. The second kappa shape index (κ2) is 9.73. The zero-order chi connectivity index (χ0) is 24.5. The molecule has 1 aromatic carbocycles. The number of carbonyl (C=O) groups excluding carboxylic acids is 2. The number of likely N-dealkylation sites (tertiary alicyclic amines) is 1. The molecule has 5 rings (SSSR count). The van der Waals surface area contributed by atoms with Crippen molar-refractivity contribution in [1.29, 1.82) is 0 Å². The summed E-state index contributed by atoms with van der Waals surface area (Å²) in [5, 5.41) is 0. The number of piperidine rings is 1.